The van der Waals surface area contributed by atoms with E-state index in [1.807, 2.05) is 37.3 Å². The summed E-state index contributed by atoms with van der Waals surface area (Å²) in [6.45, 7) is 2.61. The number of ether oxygens (including phenoxy) is 1. The van der Waals surface area contributed by atoms with Crippen LogP contribution in [0.2, 0.25) is 0 Å². The van der Waals surface area contributed by atoms with E-state index >= 15 is 0 Å². The van der Waals surface area contributed by atoms with Gasteiger partial charge in [-0.1, -0.05) is 30.3 Å². The fourth-order valence-corrected chi connectivity index (χ4v) is 2.26. The lowest BCUT2D eigenvalue weighted by Crippen LogP contribution is -1.97. The van der Waals surface area contributed by atoms with Crippen LogP contribution in [0.1, 0.15) is 25.3 Å². The lowest BCUT2D eigenvalue weighted by atomic mass is 9.99. The van der Waals surface area contributed by atoms with Gasteiger partial charge in [0, 0.05) is 11.8 Å². The Morgan fingerprint density at radius 3 is 2.58 bits per heavy atom. The van der Waals surface area contributed by atoms with Crippen molar-refractivity contribution in [3.63, 3.8) is 0 Å². The molecule has 100 valence electrons. The van der Waals surface area contributed by atoms with Crippen molar-refractivity contribution in [2.45, 2.75) is 26.2 Å². The van der Waals surface area contributed by atoms with Crippen LogP contribution >= 0.6 is 0 Å². The van der Waals surface area contributed by atoms with Crippen molar-refractivity contribution in [2.24, 2.45) is 0 Å². The summed E-state index contributed by atoms with van der Waals surface area (Å²) in [6, 6.07) is 12.1. The van der Waals surface area contributed by atoms with Crippen molar-refractivity contribution in [3.05, 3.63) is 42.0 Å². The Morgan fingerprint density at radius 2 is 1.89 bits per heavy atom. The maximum absolute atomic E-state index is 10.6. The number of hydrogen-bond donors (Lipinski definition) is 1. The van der Waals surface area contributed by atoms with E-state index in [0.29, 0.717) is 13.0 Å². The van der Waals surface area contributed by atoms with Crippen molar-refractivity contribution in [1.29, 1.82) is 0 Å². The van der Waals surface area contributed by atoms with Gasteiger partial charge in [0.25, 0.3) is 0 Å². The Morgan fingerprint density at radius 1 is 1.16 bits per heavy atom. The zero-order valence-electron chi connectivity index (χ0n) is 11.1. The topological polar surface area (TPSA) is 46.5 Å². The SMILES string of the molecule is CCOc1ccc(CCCC(=O)O)c2ccccc12. The van der Waals surface area contributed by atoms with E-state index in [1.54, 1.807) is 0 Å². The molecule has 2 aromatic carbocycles. The van der Waals surface area contributed by atoms with Crippen LogP contribution in [-0.4, -0.2) is 17.7 Å². The van der Waals surface area contributed by atoms with Gasteiger partial charge in [-0.25, -0.2) is 0 Å². The van der Waals surface area contributed by atoms with E-state index in [9.17, 15) is 4.79 Å². The number of carbonyl (C=O) groups is 1. The van der Waals surface area contributed by atoms with E-state index in [1.165, 1.54) is 5.56 Å². The highest BCUT2D eigenvalue weighted by Crippen LogP contribution is 2.29. The van der Waals surface area contributed by atoms with Crippen LogP contribution in [0.3, 0.4) is 0 Å². The summed E-state index contributed by atoms with van der Waals surface area (Å²) < 4.78 is 5.62. The van der Waals surface area contributed by atoms with Crippen LogP contribution in [-0.2, 0) is 11.2 Å². The average Bonchev–Trinajstić information content (AvgIpc) is 2.41. The van der Waals surface area contributed by atoms with Crippen LogP contribution in [0.15, 0.2) is 36.4 Å². The van der Waals surface area contributed by atoms with Crippen molar-refractivity contribution < 1.29 is 14.6 Å². The Kier molecular flexibility index (Phi) is 4.39. The first kappa shape index (κ1) is 13.4. The van der Waals surface area contributed by atoms with Crippen molar-refractivity contribution >= 4 is 16.7 Å². The molecule has 2 rings (SSSR count). The zero-order valence-corrected chi connectivity index (χ0v) is 11.1. The molecule has 3 heteroatoms. The van der Waals surface area contributed by atoms with Gasteiger partial charge in [0.1, 0.15) is 5.75 Å². The highest BCUT2D eigenvalue weighted by atomic mass is 16.5. The lowest BCUT2D eigenvalue weighted by Gasteiger charge is -2.11. The van der Waals surface area contributed by atoms with Crippen LogP contribution in [0.5, 0.6) is 5.75 Å². The van der Waals surface area contributed by atoms with Gasteiger partial charge in [-0.3, -0.25) is 4.79 Å². The molecule has 0 heterocycles. The normalized spacial score (nSPS) is 10.6. The fourth-order valence-electron chi connectivity index (χ4n) is 2.26. The van der Waals surface area contributed by atoms with Crippen molar-refractivity contribution in [3.8, 4) is 5.75 Å². The molecule has 0 aromatic heterocycles. The van der Waals surface area contributed by atoms with Gasteiger partial charge in [0.05, 0.1) is 6.61 Å². The molecule has 0 unspecified atom stereocenters. The number of benzene rings is 2. The highest BCUT2D eigenvalue weighted by molar-refractivity contribution is 5.91. The molecule has 1 N–H and O–H groups in total. The monoisotopic (exact) mass is 258 g/mol. The van der Waals surface area contributed by atoms with E-state index in [4.69, 9.17) is 9.84 Å². The summed E-state index contributed by atoms with van der Waals surface area (Å²) in [4.78, 5) is 10.6. The van der Waals surface area contributed by atoms with Gasteiger partial charge < -0.3 is 9.84 Å². The number of carboxylic acids is 1. The molecule has 0 aliphatic carbocycles. The van der Waals surface area contributed by atoms with Crippen LogP contribution in [0.4, 0.5) is 0 Å². The first-order valence-corrected chi connectivity index (χ1v) is 6.57. The molecule has 0 aliphatic heterocycles. The van der Waals surface area contributed by atoms with Gasteiger partial charge in [-0.05, 0) is 36.8 Å². The number of aliphatic carboxylic acids is 1. The van der Waals surface area contributed by atoms with Crippen molar-refractivity contribution in [2.75, 3.05) is 6.61 Å². The van der Waals surface area contributed by atoms with Crippen LogP contribution < -0.4 is 4.74 Å². The number of carboxylic acid groups (broad SMARTS) is 1. The Balaban J connectivity index is 2.30. The van der Waals surface area contributed by atoms with E-state index < -0.39 is 5.97 Å². The second-order valence-corrected chi connectivity index (χ2v) is 4.45. The fraction of sp³-hybridized carbons (Fsp3) is 0.312. The standard InChI is InChI=1S/C16H18O3/c1-2-19-15-11-10-12(6-5-9-16(17)18)13-7-3-4-8-14(13)15/h3-4,7-8,10-11H,2,5-6,9H2,1H3,(H,17,18). The minimum atomic E-state index is -0.741. The van der Waals surface area contributed by atoms with Crippen molar-refractivity contribution in [1.82, 2.24) is 0 Å². The van der Waals surface area contributed by atoms with Gasteiger partial charge in [0.2, 0.25) is 0 Å². The number of fused-ring (bicyclic) bond motifs is 1. The maximum atomic E-state index is 10.6. The minimum Gasteiger partial charge on any atom is -0.493 e. The quantitative estimate of drug-likeness (QED) is 0.860. The molecule has 0 fully saturated rings. The molecule has 0 aliphatic rings. The summed E-state index contributed by atoms with van der Waals surface area (Å²) >= 11 is 0. The van der Waals surface area contributed by atoms with E-state index in [-0.39, 0.29) is 6.42 Å². The van der Waals surface area contributed by atoms with E-state index in [0.717, 1.165) is 22.9 Å². The Hall–Kier alpha value is -2.03. The molecule has 0 amide bonds. The molecule has 19 heavy (non-hydrogen) atoms. The average molecular weight is 258 g/mol. The molecule has 0 saturated heterocycles. The zero-order chi connectivity index (χ0) is 13.7. The third-order valence-corrected chi connectivity index (χ3v) is 3.11. The van der Waals surface area contributed by atoms with Gasteiger partial charge in [-0.2, -0.15) is 0 Å². The molecule has 3 nitrogen and oxygen atoms in total. The van der Waals surface area contributed by atoms with Gasteiger partial charge >= 0.3 is 5.97 Å². The largest absolute Gasteiger partial charge is 0.493 e. The molecule has 0 saturated carbocycles. The molecule has 0 bridgehead atoms. The summed E-state index contributed by atoms with van der Waals surface area (Å²) in [5, 5.41) is 10.9. The minimum absolute atomic E-state index is 0.210. The second kappa shape index (κ2) is 6.23. The number of rotatable bonds is 6. The summed E-state index contributed by atoms with van der Waals surface area (Å²) in [5.41, 5.74) is 1.18. The molecule has 0 spiro atoms. The smallest absolute Gasteiger partial charge is 0.303 e. The second-order valence-electron chi connectivity index (χ2n) is 4.45. The summed E-state index contributed by atoms with van der Waals surface area (Å²) in [6.07, 6.45) is 1.65. The molecular formula is C16H18O3. The third kappa shape index (κ3) is 3.25. The molecular weight excluding hydrogens is 240 g/mol. The molecule has 0 atom stereocenters. The Labute approximate surface area is 112 Å². The lowest BCUT2D eigenvalue weighted by molar-refractivity contribution is -0.137. The van der Waals surface area contributed by atoms with Crippen LogP contribution in [0.25, 0.3) is 10.8 Å². The number of hydrogen-bond acceptors (Lipinski definition) is 2. The maximum Gasteiger partial charge on any atom is 0.303 e. The van der Waals surface area contributed by atoms with Gasteiger partial charge in [0.15, 0.2) is 0 Å². The summed E-state index contributed by atoms with van der Waals surface area (Å²) in [5.74, 6) is 0.148. The van der Waals surface area contributed by atoms with Gasteiger partial charge in [-0.15, -0.1) is 0 Å². The molecule has 2 aromatic rings. The van der Waals surface area contributed by atoms with E-state index in [2.05, 4.69) is 6.07 Å². The van der Waals surface area contributed by atoms with Crippen LogP contribution in [0, 0.1) is 0 Å². The predicted molar refractivity (Wildman–Crippen MR) is 75.7 cm³/mol. The Bertz CT molecular complexity index is 575. The highest BCUT2D eigenvalue weighted by Gasteiger charge is 2.07. The molecule has 0 radical (unpaired) electrons. The predicted octanol–water partition coefficient (Wildman–Crippen LogP) is 3.65. The summed E-state index contributed by atoms with van der Waals surface area (Å²) in [7, 11) is 0. The first-order chi connectivity index (χ1) is 9.22. The number of aryl methyl sites for hydroxylation is 1. The third-order valence-electron chi connectivity index (χ3n) is 3.11. The first-order valence-electron chi connectivity index (χ1n) is 6.57.